The van der Waals surface area contributed by atoms with Gasteiger partial charge in [-0.3, -0.25) is 4.79 Å². The van der Waals surface area contributed by atoms with Gasteiger partial charge in [-0.25, -0.2) is 0 Å². The maximum absolute atomic E-state index is 12.4. The molecule has 1 heterocycles. The number of ether oxygens (including phenoxy) is 1. The van der Waals surface area contributed by atoms with Crippen molar-refractivity contribution in [2.75, 3.05) is 13.1 Å². The average Bonchev–Trinajstić information content (AvgIpc) is 2.41. The Morgan fingerprint density at radius 1 is 1.55 bits per heavy atom. The number of piperidine rings is 1. The van der Waals surface area contributed by atoms with Crippen molar-refractivity contribution < 1.29 is 9.53 Å². The van der Waals surface area contributed by atoms with Crippen LogP contribution in [-0.2, 0) is 4.79 Å². The standard InChI is InChI=1S/C15H19BrClNO2/c1-10-9-18(7-6-14(10)16)15(19)11(2)20-13-5-3-4-12(17)8-13/h3-5,8,10-11,14H,6-7,9H2,1-2H3. The summed E-state index contributed by atoms with van der Waals surface area (Å²) in [5, 5.41) is 0.607. The smallest absolute Gasteiger partial charge is 0.263 e. The quantitative estimate of drug-likeness (QED) is 0.769. The fourth-order valence-corrected chi connectivity index (χ4v) is 2.92. The number of likely N-dealkylation sites (tertiary alicyclic amines) is 1. The highest BCUT2D eigenvalue weighted by molar-refractivity contribution is 9.09. The lowest BCUT2D eigenvalue weighted by atomic mass is 10.00. The number of carbonyl (C=O) groups excluding carboxylic acids is 1. The number of rotatable bonds is 3. The van der Waals surface area contributed by atoms with Gasteiger partial charge in [0.1, 0.15) is 5.75 Å². The molecule has 3 nitrogen and oxygen atoms in total. The second-order valence-electron chi connectivity index (χ2n) is 5.28. The normalized spacial score (nSPS) is 24.3. The maximum atomic E-state index is 12.4. The Balaban J connectivity index is 1.95. The highest BCUT2D eigenvalue weighted by Gasteiger charge is 2.30. The molecule has 0 radical (unpaired) electrons. The van der Waals surface area contributed by atoms with Crippen molar-refractivity contribution in [3.05, 3.63) is 29.3 Å². The van der Waals surface area contributed by atoms with E-state index < -0.39 is 6.10 Å². The van der Waals surface area contributed by atoms with Gasteiger partial charge in [0.05, 0.1) is 0 Å². The molecule has 5 heteroatoms. The Morgan fingerprint density at radius 3 is 2.95 bits per heavy atom. The van der Waals surface area contributed by atoms with E-state index in [1.807, 2.05) is 17.0 Å². The van der Waals surface area contributed by atoms with Gasteiger partial charge in [0, 0.05) is 22.9 Å². The number of carbonyl (C=O) groups is 1. The fourth-order valence-electron chi connectivity index (χ4n) is 2.37. The second-order valence-corrected chi connectivity index (χ2v) is 6.90. The third-order valence-electron chi connectivity index (χ3n) is 3.57. The van der Waals surface area contributed by atoms with Gasteiger partial charge in [-0.05, 0) is 37.5 Å². The zero-order chi connectivity index (χ0) is 14.7. The Bertz CT molecular complexity index is 483. The van der Waals surface area contributed by atoms with Gasteiger partial charge in [-0.1, -0.05) is 40.5 Å². The van der Waals surface area contributed by atoms with E-state index in [0.717, 1.165) is 19.5 Å². The van der Waals surface area contributed by atoms with E-state index in [1.165, 1.54) is 0 Å². The van der Waals surface area contributed by atoms with Crippen LogP contribution in [0.3, 0.4) is 0 Å². The molecule has 0 N–H and O–H groups in total. The van der Waals surface area contributed by atoms with Crippen LogP contribution in [0.5, 0.6) is 5.75 Å². The molecule has 0 aliphatic carbocycles. The zero-order valence-corrected chi connectivity index (χ0v) is 14.0. The average molecular weight is 361 g/mol. The molecule has 3 atom stereocenters. The SMILES string of the molecule is CC(Oc1cccc(Cl)c1)C(=O)N1CCC(Br)C(C)C1. The molecule has 3 unspecified atom stereocenters. The van der Waals surface area contributed by atoms with Gasteiger partial charge in [0.25, 0.3) is 5.91 Å². The van der Waals surface area contributed by atoms with Crippen LogP contribution in [0.25, 0.3) is 0 Å². The Hall–Kier alpha value is -0.740. The van der Waals surface area contributed by atoms with Crippen LogP contribution in [0.15, 0.2) is 24.3 Å². The predicted octanol–water partition coefficient (Wildman–Crippen LogP) is 3.74. The van der Waals surface area contributed by atoms with E-state index in [0.29, 0.717) is 21.5 Å². The van der Waals surface area contributed by atoms with Crippen LogP contribution in [0.1, 0.15) is 20.3 Å². The van der Waals surface area contributed by atoms with Crippen LogP contribution in [0.2, 0.25) is 5.02 Å². The van der Waals surface area contributed by atoms with E-state index in [-0.39, 0.29) is 5.91 Å². The maximum Gasteiger partial charge on any atom is 0.263 e. The Labute approximate surface area is 133 Å². The Kier molecular flexibility index (Phi) is 5.33. The first kappa shape index (κ1) is 15.6. The highest BCUT2D eigenvalue weighted by Crippen LogP contribution is 2.24. The molecular formula is C15H19BrClNO2. The number of hydrogen-bond donors (Lipinski definition) is 0. The minimum atomic E-state index is -0.493. The lowest BCUT2D eigenvalue weighted by Gasteiger charge is -2.35. The largest absolute Gasteiger partial charge is 0.481 e. The minimum Gasteiger partial charge on any atom is -0.481 e. The highest BCUT2D eigenvalue weighted by atomic mass is 79.9. The summed E-state index contributed by atoms with van der Waals surface area (Å²) < 4.78 is 5.68. The summed E-state index contributed by atoms with van der Waals surface area (Å²) >= 11 is 9.56. The van der Waals surface area contributed by atoms with Gasteiger partial charge in [0.2, 0.25) is 0 Å². The molecule has 1 aliphatic heterocycles. The first-order valence-electron chi connectivity index (χ1n) is 6.82. The van der Waals surface area contributed by atoms with Gasteiger partial charge < -0.3 is 9.64 Å². The first-order chi connectivity index (χ1) is 9.47. The minimum absolute atomic E-state index is 0.0382. The summed E-state index contributed by atoms with van der Waals surface area (Å²) in [5.41, 5.74) is 0. The van der Waals surface area contributed by atoms with Crippen molar-refractivity contribution >= 4 is 33.4 Å². The topological polar surface area (TPSA) is 29.5 Å². The second kappa shape index (κ2) is 6.81. The molecule has 0 bridgehead atoms. The van der Waals surface area contributed by atoms with Gasteiger partial charge >= 0.3 is 0 Å². The molecular weight excluding hydrogens is 342 g/mol. The molecule has 1 aromatic rings. The molecule has 1 saturated heterocycles. The van der Waals surface area contributed by atoms with Crippen LogP contribution in [0.4, 0.5) is 0 Å². The van der Waals surface area contributed by atoms with Crippen LogP contribution in [-0.4, -0.2) is 34.8 Å². The summed E-state index contributed by atoms with van der Waals surface area (Å²) in [6.45, 7) is 5.50. The van der Waals surface area contributed by atoms with Crippen molar-refractivity contribution in [1.82, 2.24) is 4.90 Å². The third kappa shape index (κ3) is 3.89. The molecule has 1 fully saturated rings. The number of alkyl halides is 1. The molecule has 20 heavy (non-hydrogen) atoms. The van der Waals surface area contributed by atoms with Crippen molar-refractivity contribution in [2.24, 2.45) is 5.92 Å². The molecule has 1 aliphatic rings. The fraction of sp³-hybridized carbons (Fsp3) is 0.533. The summed E-state index contributed by atoms with van der Waals surface area (Å²) in [4.78, 5) is 14.8. The number of nitrogens with zero attached hydrogens (tertiary/aromatic N) is 1. The van der Waals surface area contributed by atoms with E-state index in [9.17, 15) is 4.79 Å². The summed E-state index contributed by atoms with van der Waals surface area (Å²) in [6, 6.07) is 7.12. The molecule has 0 saturated carbocycles. The lowest BCUT2D eigenvalue weighted by Crippen LogP contribution is -2.48. The van der Waals surface area contributed by atoms with Crippen molar-refractivity contribution in [3.63, 3.8) is 0 Å². The predicted molar refractivity (Wildman–Crippen MR) is 84.6 cm³/mol. The molecule has 0 spiro atoms. The summed E-state index contributed by atoms with van der Waals surface area (Å²) in [6.07, 6.45) is 0.490. The van der Waals surface area contributed by atoms with E-state index in [4.69, 9.17) is 16.3 Å². The third-order valence-corrected chi connectivity index (χ3v) is 5.16. The molecule has 2 rings (SSSR count). The summed E-state index contributed by atoms with van der Waals surface area (Å²) in [7, 11) is 0. The number of halogens is 2. The number of amides is 1. The number of benzene rings is 1. The zero-order valence-electron chi connectivity index (χ0n) is 11.7. The van der Waals surface area contributed by atoms with Gasteiger partial charge in [-0.2, -0.15) is 0 Å². The first-order valence-corrected chi connectivity index (χ1v) is 8.12. The van der Waals surface area contributed by atoms with Crippen LogP contribution >= 0.6 is 27.5 Å². The molecule has 1 amide bonds. The van der Waals surface area contributed by atoms with E-state index in [1.54, 1.807) is 19.1 Å². The van der Waals surface area contributed by atoms with Crippen LogP contribution in [0, 0.1) is 5.92 Å². The summed E-state index contributed by atoms with van der Waals surface area (Å²) in [5.74, 6) is 1.13. The lowest BCUT2D eigenvalue weighted by molar-refractivity contribution is -0.139. The molecule has 1 aromatic carbocycles. The molecule has 110 valence electrons. The van der Waals surface area contributed by atoms with Gasteiger partial charge in [0.15, 0.2) is 6.10 Å². The number of hydrogen-bond acceptors (Lipinski definition) is 2. The molecule has 0 aromatic heterocycles. The van der Waals surface area contributed by atoms with Gasteiger partial charge in [-0.15, -0.1) is 0 Å². The van der Waals surface area contributed by atoms with E-state index >= 15 is 0 Å². The Morgan fingerprint density at radius 2 is 2.30 bits per heavy atom. The monoisotopic (exact) mass is 359 g/mol. The van der Waals surface area contributed by atoms with Crippen molar-refractivity contribution in [2.45, 2.75) is 31.2 Å². The van der Waals surface area contributed by atoms with Crippen molar-refractivity contribution in [1.29, 1.82) is 0 Å². The van der Waals surface area contributed by atoms with Crippen LogP contribution < -0.4 is 4.74 Å². The van der Waals surface area contributed by atoms with E-state index in [2.05, 4.69) is 22.9 Å². The van der Waals surface area contributed by atoms with Crippen molar-refractivity contribution in [3.8, 4) is 5.75 Å².